The summed E-state index contributed by atoms with van der Waals surface area (Å²) < 4.78 is 29.4. The lowest BCUT2D eigenvalue weighted by molar-refractivity contribution is -0.140. The zero-order chi connectivity index (χ0) is 30.3. The fourth-order valence-electron chi connectivity index (χ4n) is 4.57. The first-order chi connectivity index (χ1) is 19.3. The largest absolute Gasteiger partial charge is 0.354 e. The number of aryl methyl sites for hydroxylation is 4. The Balaban J connectivity index is 2.08. The zero-order valence-corrected chi connectivity index (χ0v) is 26.1. The van der Waals surface area contributed by atoms with E-state index in [1.54, 1.807) is 30.3 Å². The van der Waals surface area contributed by atoms with Crippen molar-refractivity contribution in [3.05, 3.63) is 94.5 Å². The standard InChI is InChI=1S/C33H43N3O4S/c1-8-30(33(38)34-20-23(2)3)35(21-28-15-10-24(4)11-16-28)32(37)22-36(31-19-26(6)9-14-27(31)7)41(39,40)29-17-12-25(5)13-18-29/h9-19,23,30H,8,20-22H2,1-7H3,(H,34,38). The molecule has 0 bridgehead atoms. The van der Waals surface area contributed by atoms with E-state index in [2.05, 4.69) is 5.32 Å². The molecule has 0 aliphatic rings. The third-order valence-electron chi connectivity index (χ3n) is 7.07. The van der Waals surface area contributed by atoms with E-state index < -0.39 is 28.5 Å². The maximum absolute atomic E-state index is 14.2. The van der Waals surface area contributed by atoms with Gasteiger partial charge in [0.15, 0.2) is 0 Å². The number of nitrogens with one attached hydrogen (secondary N) is 1. The van der Waals surface area contributed by atoms with Crippen LogP contribution in [0.5, 0.6) is 0 Å². The van der Waals surface area contributed by atoms with Crippen molar-refractivity contribution in [2.75, 3.05) is 17.4 Å². The lowest BCUT2D eigenvalue weighted by atomic mass is 10.1. The van der Waals surface area contributed by atoms with Crippen LogP contribution in [-0.4, -0.2) is 44.3 Å². The average molecular weight is 578 g/mol. The second-order valence-electron chi connectivity index (χ2n) is 11.2. The quantitative estimate of drug-likeness (QED) is 0.299. The molecule has 2 amide bonds. The van der Waals surface area contributed by atoms with Crippen molar-refractivity contribution in [1.29, 1.82) is 0 Å². The minimum Gasteiger partial charge on any atom is -0.354 e. The summed E-state index contributed by atoms with van der Waals surface area (Å²) in [6.07, 6.45) is 0.385. The van der Waals surface area contributed by atoms with Crippen LogP contribution in [0.1, 0.15) is 55.0 Å². The predicted molar refractivity (Wildman–Crippen MR) is 165 cm³/mol. The normalized spacial score (nSPS) is 12.2. The van der Waals surface area contributed by atoms with Gasteiger partial charge in [-0.25, -0.2) is 8.42 Å². The molecule has 0 aromatic heterocycles. The number of nitrogens with zero attached hydrogens (tertiary/aromatic N) is 2. The predicted octanol–water partition coefficient (Wildman–Crippen LogP) is 5.70. The molecule has 0 radical (unpaired) electrons. The molecule has 8 heteroatoms. The molecule has 0 saturated carbocycles. The summed E-state index contributed by atoms with van der Waals surface area (Å²) in [6.45, 7) is 13.7. The Hall–Kier alpha value is -3.65. The van der Waals surface area contributed by atoms with Crippen molar-refractivity contribution in [2.24, 2.45) is 5.92 Å². The maximum Gasteiger partial charge on any atom is 0.264 e. The third kappa shape index (κ3) is 8.19. The third-order valence-corrected chi connectivity index (χ3v) is 8.84. The molecule has 1 unspecified atom stereocenters. The van der Waals surface area contributed by atoms with E-state index in [0.717, 1.165) is 27.8 Å². The van der Waals surface area contributed by atoms with Gasteiger partial charge in [-0.15, -0.1) is 0 Å². The van der Waals surface area contributed by atoms with Crippen LogP contribution in [0.4, 0.5) is 5.69 Å². The van der Waals surface area contributed by atoms with Crippen LogP contribution in [0.2, 0.25) is 0 Å². The molecule has 0 fully saturated rings. The van der Waals surface area contributed by atoms with E-state index >= 15 is 0 Å². The first-order valence-electron chi connectivity index (χ1n) is 14.1. The highest BCUT2D eigenvalue weighted by molar-refractivity contribution is 7.92. The zero-order valence-electron chi connectivity index (χ0n) is 25.3. The van der Waals surface area contributed by atoms with E-state index in [1.807, 2.05) is 84.9 Å². The van der Waals surface area contributed by atoms with Crippen LogP contribution in [0.15, 0.2) is 71.6 Å². The minimum atomic E-state index is -4.11. The lowest BCUT2D eigenvalue weighted by Crippen LogP contribution is -2.52. The molecule has 1 N–H and O–H groups in total. The van der Waals surface area contributed by atoms with Crippen LogP contribution >= 0.6 is 0 Å². The van der Waals surface area contributed by atoms with Gasteiger partial charge in [-0.2, -0.15) is 0 Å². The van der Waals surface area contributed by atoms with Gasteiger partial charge in [-0.1, -0.05) is 80.4 Å². The summed E-state index contributed by atoms with van der Waals surface area (Å²) in [7, 11) is -4.11. The number of hydrogen-bond acceptors (Lipinski definition) is 4. The molecule has 0 saturated heterocycles. The van der Waals surface area contributed by atoms with Crippen molar-refractivity contribution >= 4 is 27.5 Å². The van der Waals surface area contributed by atoms with Gasteiger partial charge in [0, 0.05) is 13.1 Å². The summed E-state index contributed by atoms with van der Waals surface area (Å²) in [5, 5.41) is 2.96. The molecule has 0 spiro atoms. The first kappa shape index (κ1) is 31.9. The molecule has 3 rings (SSSR count). The Morgan fingerprint density at radius 1 is 0.829 bits per heavy atom. The van der Waals surface area contributed by atoms with Crippen LogP contribution in [0.25, 0.3) is 0 Å². The van der Waals surface area contributed by atoms with Gasteiger partial charge in [-0.05, 0) is 74.9 Å². The summed E-state index contributed by atoms with van der Waals surface area (Å²) in [4.78, 5) is 29.2. The first-order valence-corrected chi connectivity index (χ1v) is 15.6. The van der Waals surface area contributed by atoms with Gasteiger partial charge in [0.1, 0.15) is 12.6 Å². The number of sulfonamides is 1. The van der Waals surface area contributed by atoms with E-state index in [1.165, 1.54) is 9.21 Å². The number of rotatable bonds is 12. The second-order valence-corrected chi connectivity index (χ2v) is 13.0. The maximum atomic E-state index is 14.2. The highest BCUT2D eigenvalue weighted by atomic mass is 32.2. The SMILES string of the molecule is CCC(C(=O)NCC(C)C)N(Cc1ccc(C)cc1)C(=O)CN(c1cc(C)ccc1C)S(=O)(=O)c1ccc(C)cc1. The Bertz CT molecular complexity index is 1450. The van der Waals surface area contributed by atoms with Gasteiger partial charge in [-0.3, -0.25) is 13.9 Å². The van der Waals surface area contributed by atoms with Crippen molar-refractivity contribution in [3.8, 4) is 0 Å². The Labute approximate surface area is 245 Å². The minimum absolute atomic E-state index is 0.101. The van der Waals surface area contributed by atoms with Gasteiger partial charge < -0.3 is 10.2 Å². The van der Waals surface area contributed by atoms with E-state index in [0.29, 0.717) is 18.7 Å². The van der Waals surface area contributed by atoms with E-state index in [9.17, 15) is 18.0 Å². The van der Waals surface area contributed by atoms with E-state index in [4.69, 9.17) is 0 Å². The average Bonchev–Trinajstić information content (AvgIpc) is 2.93. The molecule has 0 heterocycles. The van der Waals surface area contributed by atoms with Crippen LogP contribution < -0.4 is 9.62 Å². The number of carbonyl (C=O) groups excluding carboxylic acids is 2. The molecular formula is C33H43N3O4S. The van der Waals surface area contributed by atoms with Crippen molar-refractivity contribution in [3.63, 3.8) is 0 Å². The van der Waals surface area contributed by atoms with Gasteiger partial charge in [0.25, 0.3) is 10.0 Å². The topological polar surface area (TPSA) is 86.8 Å². The van der Waals surface area contributed by atoms with E-state index in [-0.39, 0.29) is 23.3 Å². The summed E-state index contributed by atoms with van der Waals surface area (Å²) in [5.41, 5.74) is 4.91. The molecule has 0 aliphatic carbocycles. The fourth-order valence-corrected chi connectivity index (χ4v) is 6.04. The number of carbonyl (C=O) groups is 2. The van der Waals surface area contributed by atoms with Crippen LogP contribution in [0, 0.1) is 33.6 Å². The summed E-state index contributed by atoms with van der Waals surface area (Å²) >= 11 is 0. The van der Waals surface area contributed by atoms with Gasteiger partial charge >= 0.3 is 0 Å². The van der Waals surface area contributed by atoms with Gasteiger partial charge in [0.2, 0.25) is 11.8 Å². The molecule has 3 aromatic rings. The highest BCUT2D eigenvalue weighted by Gasteiger charge is 2.34. The van der Waals surface area contributed by atoms with Crippen molar-refractivity contribution in [2.45, 2.75) is 72.4 Å². The molecule has 1 atom stereocenters. The Morgan fingerprint density at radius 3 is 1.95 bits per heavy atom. The second kappa shape index (κ2) is 13.8. The Morgan fingerprint density at radius 2 is 1.39 bits per heavy atom. The number of anilines is 1. The monoisotopic (exact) mass is 577 g/mol. The van der Waals surface area contributed by atoms with Crippen molar-refractivity contribution in [1.82, 2.24) is 10.2 Å². The molecule has 0 aliphatic heterocycles. The lowest BCUT2D eigenvalue weighted by Gasteiger charge is -2.34. The van der Waals surface area contributed by atoms with Crippen LogP contribution in [0.3, 0.4) is 0 Å². The summed E-state index contributed by atoms with van der Waals surface area (Å²) in [5.74, 6) is -0.452. The van der Waals surface area contributed by atoms with Crippen molar-refractivity contribution < 1.29 is 18.0 Å². The summed E-state index contributed by atoms with van der Waals surface area (Å²) in [6, 6.07) is 19.2. The smallest absolute Gasteiger partial charge is 0.264 e. The molecule has 3 aromatic carbocycles. The molecule has 41 heavy (non-hydrogen) atoms. The molecular weight excluding hydrogens is 534 g/mol. The Kier molecular flexibility index (Phi) is 10.7. The highest BCUT2D eigenvalue weighted by Crippen LogP contribution is 2.29. The number of amides is 2. The van der Waals surface area contributed by atoms with Crippen LogP contribution in [-0.2, 0) is 26.2 Å². The number of benzene rings is 3. The van der Waals surface area contributed by atoms with Gasteiger partial charge in [0.05, 0.1) is 10.6 Å². The fraction of sp³-hybridized carbons (Fsp3) is 0.394. The number of hydrogen-bond donors (Lipinski definition) is 1. The molecule has 7 nitrogen and oxygen atoms in total. The molecule has 220 valence electrons.